The second-order valence-electron chi connectivity index (χ2n) is 4.07. The van der Waals surface area contributed by atoms with E-state index in [-0.39, 0.29) is 5.92 Å². The number of fused-ring (bicyclic) bond motifs is 1. The molecule has 0 radical (unpaired) electrons. The van der Waals surface area contributed by atoms with E-state index in [0.29, 0.717) is 16.6 Å². The number of nitrogens with zero attached hydrogens (tertiary/aromatic N) is 3. The predicted molar refractivity (Wildman–Crippen MR) is 73.2 cm³/mol. The van der Waals surface area contributed by atoms with E-state index in [1.54, 1.807) is 12.3 Å². The number of nitrogens with two attached hydrogens (primary N) is 1. The van der Waals surface area contributed by atoms with Crippen LogP contribution in [0.15, 0.2) is 12.3 Å². The molecule has 0 aliphatic heterocycles. The molecule has 2 heterocycles. The van der Waals surface area contributed by atoms with Gasteiger partial charge in [0.1, 0.15) is 11.3 Å². The zero-order valence-electron chi connectivity index (χ0n) is 9.64. The minimum atomic E-state index is 0.110. The van der Waals surface area contributed by atoms with Gasteiger partial charge in [-0.3, -0.25) is 0 Å². The lowest BCUT2D eigenvalue weighted by atomic mass is 10.2. The summed E-state index contributed by atoms with van der Waals surface area (Å²) in [6.07, 6.45) is 1.62. The summed E-state index contributed by atoms with van der Waals surface area (Å²) >= 11 is 10.9. The minimum Gasteiger partial charge on any atom is -0.393 e. The van der Waals surface area contributed by atoms with Crippen molar-refractivity contribution in [3.63, 3.8) is 0 Å². The van der Waals surface area contributed by atoms with Crippen LogP contribution in [0.4, 0.5) is 0 Å². The first-order valence-electron chi connectivity index (χ1n) is 5.26. The molecule has 0 fully saturated rings. The van der Waals surface area contributed by atoms with Gasteiger partial charge in [-0.1, -0.05) is 30.7 Å². The maximum Gasteiger partial charge on any atom is 0.160 e. The van der Waals surface area contributed by atoms with E-state index in [0.717, 1.165) is 17.0 Å². The zero-order chi connectivity index (χ0) is 12.6. The third-order valence-corrected chi connectivity index (χ3v) is 3.29. The van der Waals surface area contributed by atoms with Crippen LogP contribution in [-0.4, -0.2) is 19.5 Å². The highest BCUT2D eigenvalue weighted by Crippen LogP contribution is 2.18. The van der Waals surface area contributed by atoms with Crippen LogP contribution in [-0.2, 0) is 6.54 Å². The Morgan fingerprint density at radius 2 is 2.35 bits per heavy atom. The van der Waals surface area contributed by atoms with Gasteiger partial charge in [0, 0.05) is 18.7 Å². The van der Waals surface area contributed by atoms with Crippen LogP contribution in [0.1, 0.15) is 12.7 Å². The van der Waals surface area contributed by atoms with E-state index in [4.69, 9.17) is 29.6 Å². The molecule has 0 saturated heterocycles. The van der Waals surface area contributed by atoms with E-state index in [1.807, 2.05) is 18.4 Å². The summed E-state index contributed by atoms with van der Waals surface area (Å²) in [7, 11) is 0. The molecule has 2 rings (SSSR count). The standard InChI is InChI=1S/C11H13ClN4S/c1-6(10(13)17)5-16-7(2)15-9-3-8(12)4-14-11(9)16/h3-4,6H,5H2,1-2H3,(H2,13,17). The summed E-state index contributed by atoms with van der Waals surface area (Å²) in [4.78, 5) is 9.22. The van der Waals surface area contributed by atoms with Crippen LogP contribution < -0.4 is 5.73 Å². The molecule has 0 spiro atoms. The normalized spacial score (nSPS) is 12.9. The van der Waals surface area contributed by atoms with Gasteiger partial charge < -0.3 is 10.3 Å². The molecule has 0 aromatic carbocycles. The largest absolute Gasteiger partial charge is 0.393 e. The first-order valence-corrected chi connectivity index (χ1v) is 6.05. The first kappa shape index (κ1) is 12.3. The van der Waals surface area contributed by atoms with Crippen LogP contribution >= 0.6 is 23.8 Å². The summed E-state index contributed by atoms with van der Waals surface area (Å²) in [6, 6.07) is 1.80. The number of hydrogen-bond acceptors (Lipinski definition) is 3. The highest BCUT2D eigenvalue weighted by Gasteiger charge is 2.13. The van der Waals surface area contributed by atoms with Crippen molar-refractivity contribution in [1.82, 2.24) is 14.5 Å². The molecule has 0 saturated carbocycles. The lowest BCUT2D eigenvalue weighted by Gasteiger charge is -2.12. The maximum absolute atomic E-state index is 5.88. The number of pyridine rings is 1. The van der Waals surface area contributed by atoms with Crippen molar-refractivity contribution >= 4 is 40.0 Å². The molecular formula is C11H13ClN4S. The molecule has 0 amide bonds. The van der Waals surface area contributed by atoms with Gasteiger partial charge >= 0.3 is 0 Å². The first-order chi connectivity index (χ1) is 7.99. The number of aromatic nitrogens is 3. The molecule has 17 heavy (non-hydrogen) atoms. The number of aryl methyl sites for hydroxylation is 1. The molecule has 2 N–H and O–H groups in total. The molecule has 1 atom stereocenters. The molecule has 4 nitrogen and oxygen atoms in total. The van der Waals surface area contributed by atoms with Gasteiger partial charge in [0.15, 0.2) is 5.65 Å². The van der Waals surface area contributed by atoms with Crippen molar-refractivity contribution < 1.29 is 0 Å². The van der Waals surface area contributed by atoms with E-state index >= 15 is 0 Å². The Kier molecular flexibility index (Phi) is 3.31. The third kappa shape index (κ3) is 2.40. The maximum atomic E-state index is 5.88. The number of thiocarbonyl (C=S) groups is 1. The molecule has 2 aromatic rings. The molecule has 2 aromatic heterocycles. The highest BCUT2D eigenvalue weighted by molar-refractivity contribution is 7.80. The monoisotopic (exact) mass is 268 g/mol. The fourth-order valence-corrected chi connectivity index (χ4v) is 1.91. The lowest BCUT2D eigenvalue weighted by molar-refractivity contribution is 0.595. The molecule has 1 unspecified atom stereocenters. The minimum absolute atomic E-state index is 0.110. The highest BCUT2D eigenvalue weighted by atomic mass is 35.5. The average molecular weight is 269 g/mol. The number of halogens is 1. The van der Waals surface area contributed by atoms with Gasteiger partial charge in [0.05, 0.1) is 10.0 Å². The summed E-state index contributed by atoms with van der Waals surface area (Å²) in [5, 5.41) is 0.588. The summed E-state index contributed by atoms with van der Waals surface area (Å²) in [5.41, 5.74) is 7.24. The molecule has 0 aliphatic carbocycles. The van der Waals surface area contributed by atoms with Gasteiger partial charge in [-0.15, -0.1) is 0 Å². The van der Waals surface area contributed by atoms with Gasteiger partial charge in [0.2, 0.25) is 0 Å². The molecule has 90 valence electrons. The second kappa shape index (κ2) is 4.58. The predicted octanol–water partition coefficient (Wildman–Crippen LogP) is 2.32. The second-order valence-corrected chi connectivity index (χ2v) is 4.98. The van der Waals surface area contributed by atoms with Gasteiger partial charge in [-0.05, 0) is 13.0 Å². The van der Waals surface area contributed by atoms with E-state index in [9.17, 15) is 0 Å². The van der Waals surface area contributed by atoms with Crippen molar-refractivity contribution in [3.05, 3.63) is 23.1 Å². The van der Waals surface area contributed by atoms with Crippen LogP contribution in [0.2, 0.25) is 5.02 Å². The van der Waals surface area contributed by atoms with Crippen molar-refractivity contribution in [1.29, 1.82) is 0 Å². The average Bonchev–Trinajstić information content (AvgIpc) is 2.54. The summed E-state index contributed by atoms with van der Waals surface area (Å²) in [5.74, 6) is 0.997. The Hall–Kier alpha value is -1.20. The van der Waals surface area contributed by atoms with Crippen LogP contribution in [0.5, 0.6) is 0 Å². The van der Waals surface area contributed by atoms with Gasteiger partial charge in [-0.2, -0.15) is 0 Å². The van der Waals surface area contributed by atoms with Crippen molar-refractivity contribution in [3.8, 4) is 0 Å². The van der Waals surface area contributed by atoms with Gasteiger partial charge in [0.25, 0.3) is 0 Å². The van der Waals surface area contributed by atoms with E-state index < -0.39 is 0 Å². The Morgan fingerprint density at radius 3 is 3.00 bits per heavy atom. The van der Waals surface area contributed by atoms with E-state index in [2.05, 4.69) is 9.97 Å². The third-order valence-electron chi connectivity index (χ3n) is 2.68. The molecule has 0 aliphatic rings. The van der Waals surface area contributed by atoms with Crippen LogP contribution in [0.25, 0.3) is 11.2 Å². The summed E-state index contributed by atoms with van der Waals surface area (Å²) in [6.45, 7) is 4.61. The fraction of sp³-hybridized carbons (Fsp3) is 0.364. The van der Waals surface area contributed by atoms with Crippen molar-refractivity contribution in [2.75, 3.05) is 0 Å². The fourth-order valence-electron chi connectivity index (χ4n) is 1.68. The van der Waals surface area contributed by atoms with Gasteiger partial charge in [-0.25, -0.2) is 9.97 Å². The SMILES string of the molecule is Cc1nc2cc(Cl)cnc2n1CC(C)C(N)=S. The Bertz CT molecular complexity index is 578. The molecular weight excluding hydrogens is 256 g/mol. The quantitative estimate of drug-likeness (QED) is 0.868. The van der Waals surface area contributed by atoms with Crippen LogP contribution in [0, 0.1) is 12.8 Å². The van der Waals surface area contributed by atoms with Crippen molar-refractivity contribution in [2.45, 2.75) is 20.4 Å². The topological polar surface area (TPSA) is 56.7 Å². The molecule has 0 bridgehead atoms. The lowest BCUT2D eigenvalue weighted by Crippen LogP contribution is -2.23. The Balaban J connectivity index is 2.46. The summed E-state index contributed by atoms with van der Waals surface area (Å²) < 4.78 is 2.01. The number of rotatable bonds is 3. The smallest absolute Gasteiger partial charge is 0.160 e. The zero-order valence-corrected chi connectivity index (χ0v) is 11.2. The number of hydrogen-bond donors (Lipinski definition) is 1. The van der Waals surface area contributed by atoms with E-state index in [1.165, 1.54) is 0 Å². The molecule has 6 heteroatoms. The number of imidazole rings is 1. The Labute approximate surface area is 110 Å². The van der Waals surface area contributed by atoms with Crippen LogP contribution in [0.3, 0.4) is 0 Å². The Morgan fingerprint density at radius 1 is 1.65 bits per heavy atom. The van der Waals surface area contributed by atoms with Crippen molar-refractivity contribution in [2.24, 2.45) is 11.7 Å².